The second kappa shape index (κ2) is 16.8. The Morgan fingerprint density at radius 3 is 1.36 bits per heavy atom. The molecule has 0 aliphatic heterocycles. The van der Waals surface area contributed by atoms with Crippen molar-refractivity contribution in [3.63, 3.8) is 0 Å². The number of furan rings is 1. The van der Waals surface area contributed by atoms with Gasteiger partial charge in [-0.2, -0.15) is 0 Å². The standard InChI is InChI=1S/C64H43NO/c1-2-16-45(17-3-1)54-23-6-8-25-57(54)59-27-10-11-28-60(59)58-26-9-7-24-55(58)47-34-39-51(40-35-47)65(52-21-14-20-49(42-52)56-30-15-19-46-18-4-5-22-53(46)56)50-37-32-44(33-38-50)48-36-41-64-62(43-48)61-29-12-13-31-63(61)66-64/h1-43H. The van der Waals surface area contributed by atoms with Gasteiger partial charge in [-0.05, 0) is 132 Å². The van der Waals surface area contributed by atoms with Gasteiger partial charge in [-0.25, -0.2) is 0 Å². The van der Waals surface area contributed by atoms with E-state index in [1.54, 1.807) is 0 Å². The molecule has 0 aliphatic carbocycles. The normalized spacial score (nSPS) is 11.3. The van der Waals surface area contributed by atoms with Crippen molar-refractivity contribution in [2.24, 2.45) is 0 Å². The first-order chi connectivity index (χ1) is 32.7. The molecule has 0 amide bonds. The number of para-hydroxylation sites is 1. The van der Waals surface area contributed by atoms with Gasteiger partial charge in [-0.3, -0.25) is 0 Å². The lowest BCUT2D eigenvalue weighted by atomic mass is 9.87. The van der Waals surface area contributed by atoms with Crippen molar-refractivity contribution in [3.8, 4) is 66.8 Å². The summed E-state index contributed by atoms with van der Waals surface area (Å²) in [5, 5.41) is 4.73. The van der Waals surface area contributed by atoms with E-state index < -0.39 is 0 Å². The molecule has 0 atom stereocenters. The van der Waals surface area contributed by atoms with Gasteiger partial charge in [0.2, 0.25) is 0 Å². The summed E-state index contributed by atoms with van der Waals surface area (Å²) < 4.78 is 6.16. The van der Waals surface area contributed by atoms with Crippen LogP contribution in [0.1, 0.15) is 0 Å². The van der Waals surface area contributed by atoms with Gasteiger partial charge in [0.15, 0.2) is 0 Å². The predicted octanol–water partition coefficient (Wildman–Crippen LogP) is 18.2. The number of benzene rings is 11. The molecule has 0 aliphatic rings. The zero-order valence-electron chi connectivity index (χ0n) is 36.2. The maximum atomic E-state index is 6.16. The van der Waals surface area contributed by atoms with Crippen molar-refractivity contribution in [1.82, 2.24) is 0 Å². The Hall–Kier alpha value is -8.72. The summed E-state index contributed by atoms with van der Waals surface area (Å²) in [5.41, 5.74) is 19.3. The highest BCUT2D eigenvalue weighted by atomic mass is 16.3. The van der Waals surface area contributed by atoms with Crippen LogP contribution in [-0.2, 0) is 0 Å². The molecular weight excluding hydrogens is 799 g/mol. The van der Waals surface area contributed by atoms with Crippen LogP contribution in [-0.4, -0.2) is 0 Å². The number of rotatable bonds is 9. The number of hydrogen-bond donors (Lipinski definition) is 0. The Morgan fingerprint density at radius 2 is 0.682 bits per heavy atom. The van der Waals surface area contributed by atoms with Gasteiger partial charge >= 0.3 is 0 Å². The van der Waals surface area contributed by atoms with Crippen LogP contribution in [0.15, 0.2) is 265 Å². The number of nitrogens with zero attached hydrogens (tertiary/aromatic N) is 1. The van der Waals surface area contributed by atoms with E-state index in [1.165, 1.54) is 60.8 Å². The zero-order valence-corrected chi connectivity index (χ0v) is 36.2. The van der Waals surface area contributed by atoms with Crippen molar-refractivity contribution in [3.05, 3.63) is 261 Å². The van der Waals surface area contributed by atoms with Crippen molar-refractivity contribution in [2.75, 3.05) is 4.90 Å². The van der Waals surface area contributed by atoms with Crippen LogP contribution in [0.25, 0.3) is 99.5 Å². The molecule has 12 aromatic rings. The third-order valence-corrected chi connectivity index (χ3v) is 12.9. The largest absolute Gasteiger partial charge is 0.456 e. The van der Waals surface area contributed by atoms with Gasteiger partial charge in [0.05, 0.1) is 0 Å². The van der Waals surface area contributed by atoms with Crippen molar-refractivity contribution in [1.29, 1.82) is 0 Å². The Labute approximate surface area is 384 Å². The molecule has 1 heterocycles. The van der Waals surface area contributed by atoms with E-state index in [4.69, 9.17) is 4.42 Å². The molecule has 2 nitrogen and oxygen atoms in total. The molecule has 66 heavy (non-hydrogen) atoms. The summed E-state index contributed by atoms with van der Waals surface area (Å²) in [7, 11) is 0. The lowest BCUT2D eigenvalue weighted by molar-refractivity contribution is 0.669. The van der Waals surface area contributed by atoms with Crippen LogP contribution >= 0.6 is 0 Å². The lowest BCUT2D eigenvalue weighted by Gasteiger charge is -2.27. The highest BCUT2D eigenvalue weighted by molar-refractivity contribution is 6.06. The third kappa shape index (κ3) is 7.12. The quantitative estimate of drug-likeness (QED) is 0.144. The fourth-order valence-electron chi connectivity index (χ4n) is 9.75. The SMILES string of the molecule is c1ccc(-c2ccccc2-c2ccccc2-c2ccccc2-c2ccc(N(c3ccc(-c4ccc5oc6ccccc6c5c4)cc3)c3cccc(-c4cccc5ccccc45)c3)cc2)cc1. The molecule has 0 bridgehead atoms. The molecule has 0 N–H and O–H groups in total. The Bertz CT molecular complexity index is 3690. The fraction of sp³-hybridized carbons (Fsp3) is 0. The first-order valence-corrected chi connectivity index (χ1v) is 22.6. The van der Waals surface area contributed by atoms with Crippen LogP contribution in [0.4, 0.5) is 17.1 Å². The van der Waals surface area contributed by atoms with Gasteiger partial charge in [-0.15, -0.1) is 0 Å². The molecule has 0 fully saturated rings. The molecule has 1 aromatic heterocycles. The second-order valence-corrected chi connectivity index (χ2v) is 16.8. The minimum absolute atomic E-state index is 0.900. The van der Waals surface area contributed by atoms with E-state index in [1.807, 2.05) is 12.1 Å². The molecule has 310 valence electrons. The molecule has 2 heteroatoms. The Kier molecular flexibility index (Phi) is 9.89. The summed E-state index contributed by atoms with van der Waals surface area (Å²) in [6.07, 6.45) is 0. The van der Waals surface area contributed by atoms with Crippen LogP contribution in [0.5, 0.6) is 0 Å². The Morgan fingerprint density at radius 1 is 0.227 bits per heavy atom. The van der Waals surface area contributed by atoms with E-state index in [-0.39, 0.29) is 0 Å². The lowest BCUT2D eigenvalue weighted by Crippen LogP contribution is -2.10. The third-order valence-electron chi connectivity index (χ3n) is 12.9. The van der Waals surface area contributed by atoms with Gasteiger partial charge in [-0.1, -0.05) is 206 Å². The second-order valence-electron chi connectivity index (χ2n) is 16.8. The fourth-order valence-corrected chi connectivity index (χ4v) is 9.75. The molecule has 12 rings (SSSR count). The number of fused-ring (bicyclic) bond motifs is 4. The molecular formula is C64H43NO. The van der Waals surface area contributed by atoms with Crippen LogP contribution in [0.2, 0.25) is 0 Å². The molecule has 0 unspecified atom stereocenters. The Balaban J connectivity index is 0.947. The van der Waals surface area contributed by atoms with E-state index >= 15 is 0 Å². The summed E-state index contributed by atoms with van der Waals surface area (Å²) in [5.74, 6) is 0. The average molecular weight is 842 g/mol. The van der Waals surface area contributed by atoms with Gasteiger partial charge in [0.25, 0.3) is 0 Å². The van der Waals surface area contributed by atoms with Gasteiger partial charge in [0.1, 0.15) is 11.2 Å². The summed E-state index contributed by atoms with van der Waals surface area (Å²) in [4.78, 5) is 2.37. The minimum atomic E-state index is 0.900. The molecule has 0 saturated carbocycles. The average Bonchev–Trinajstić information content (AvgIpc) is 3.77. The summed E-state index contributed by atoms with van der Waals surface area (Å²) in [6.45, 7) is 0. The minimum Gasteiger partial charge on any atom is -0.456 e. The van der Waals surface area contributed by atoms with E-state index in [0.29, 0.717) is 0 Å². The highest BCUT2D eigenvalue weighted by Gasteiger charge is 2.18. The summed E-state index contributed by atoms with van der Waals surface area (Å²) >= 11 is 0. The van der Waals surface area contributed by atoms with Crippen molar-refractivity contribution >= 4 is 49.8 Å². The first-order valence-electron chi connectivity index (χ1n) is 22.6. The van der Waals surface area contributed by atoms with Gasteiger partial charge in [0, 0.05) is 27.8 Å². The van der Waals surface area contributed by atoms with Crippen LogP contribution in [0.3, 0.4) is 0 Å². The number of hydrogen-bond acceptors (Lipinski definition) is 2. The van der Waals surface area contributed by atoms with Gasteiger partial charge < -0.3 is 9.32 Å². The van der Waals surface area contributed by atoms with Crippen LogP contribution in [0, 0.1) is 0 Å². The molecule has 0 saturated heterocycles. The maximum Gasteiger partial charge on any atom is 0.135 e. The predicted molar refractivity (Wildman–Crippen MR) is 279 cm³/mol. The maximum absolute atomic E-state index is 6.16. The molecule has 11 aromatic carbocycles. The smallest absolute Gasteiger partial charge is 0.135 e. The first kappa shape index (κ1) is 38.9. The van der Waals surface area contributed by atoms with Crippen molar-refractivity contribution < 1.29 is 4.42 Å². The highest BCUT2D eigenvalue weighted by Crippen LogP contribution is 2.44. The van der Waals surface area contributed by atoms with E-state index in [9.17, 15) is 0 Å². The zero-order chi connectivity index (χ0) is 43.8. The van der Waals surface area contributed by atoms with Crippen molar-refractivity contribution in [2.45, 2.75) is 0 Å². The monoisotopic (exact) mass is 841 g/mol. The molecule has 0 radical (unpaired) electrons. The molecule has 0 spiro atoms. The van der Waals surface area contributed by atoms with E-state index in [2.05, 4.69) is 254 Å². The topological polar surface area (TPSA) is 16.4 Å². The van der Waals surface area contributed by atoms with Crippen LogP contribution < -0.4 is 4.90 Å². The summed E-state index contributed by atoms with van der Waals surface area (Å²) in [6, 6.07) is 93.9. The van der Waals surface area contributed by atoms with E-state index in [0.717, 1.165) is 55.7 Å². The number of anilines is 3.